The first-order valence-corrected chi connectivity index (χ1v) is 8.39. The number of rotatable bonds is 7. The first-order valence-electron chi connectivity index (χ1n) is 7.59. The van der Waals surface area contributed by atoms with Gasteiger partial charge in [-0.1, -0.05) is 34.1 Å². The van der Waals surface area contributed by atoms with Gasteiger partial charge in [-0.05, 0) is 36.8 Å². The van der Waals surface area contributed by atoms with Crippen LogP contribution in [-0.4, -0.2) is 18.4 Å². The predicted octanol–water partition coefficient (Wildman–Crippen LogP) is 4.21. The van der Waals surface area contributed by atoms with Crippen molar-refractivity contribution in [2.24, 2.45) is 0 Å². The molecule has 0 aromatic heterocycles. The summed E-state index contributed by atoms with van der Waals surface area (Å²) in [6.45, 7) is 1.89. The van der Waals surface area contributed by atoms with E-state index in [2.05, 4.69) is 26.6 Å². The zero-order valence-electron chi connectivity index (χ0n) is 13.3. The number of amides is 2. The fourth-order valence-electron chi connectivity index (χ4n) is 2.07. The zero-order chi connectivity index (χ0) is 17.4. The molecule has 5 nitrogen and oxygen atoms in total. The number of nitrogens with one attached hydrogen (secondary N) is 2. The summed E-state index contributed by atoms with van der Waals surface area (Å²) < 4.78 is 6.38. The van der Waals surface area contributed by atoms with E-state index in [0.29, 0.717) is 30.8 Å². The van der Waals surface area contributed by atoms with Crippen LogP contribution in [0.1, 0.15) is 19.8 Å². The molecule has 2 rings (SSSR count). The third kappa shape index (κ3) is 6.04. The van der Waals surface area contributed by atoms with Crippen LogP contribution in [0, 0.1) is 0 Å². The van der Waals surface area contributed by atoms with E-state index in [-0.39, 0.29) is 11.8 Å². The van der Waals surface area contributed by atoms with Gasteiger partial charge in [0.1, 0.15) is 5.75 Å². The summed E-state index contributed by atoms with van der Waals surface area (Å²) in [7, 11) is 0. The monoisotopic (exact) mass is 390 g/mol. The van der Waals surface area contributed by atoms with Gasteiger partial charge < -0.3 is 15.4 Å². The van der Waals surface area contributed by atoms with Gasteiger partial charge in [0.15, 0.2) is 0 Å². The third-order valence-electron chi connectivity index (χ3n) is 3.13. The summed E-state index contributed by atoms with van der Waals surface area (Å²) in [6, 6.07) is 14.8. The molecule has 0 fully saturated rings. The minimum atomic E-state index is -0.191. The lowest BCUT2D eigenvalue weighted by molar-refractivity contribution is -0.116. The van der Waals surface area contributed by atoms with Gasteiger partial charge in [0.05, 0.1) is 18.0 Å². The molecule has 126 valence electrons. The topological polar surface area (TPSA) is 67.4 Å². The normalized spacial score (nSPS) is 10.1. The summed E-state index contributed by atoms with van der Waals surface area (Å²) >= 11 is 3.36. The number of hydrogen-bond donors (Lipinski definition) is 2. The maximum Gasteiger partial charge on any atom is 0.224 e. The average Bonchev–Trinajstić information content (AvgIpc) is 2.55. The van der Waals surface area contributed by atoms with Gasteiger partial charge in [-0.25, -0.2) is 0 Å². The van der Waals surface area contributed by atoms with Gasteiger partial charge in [-0.3, -0.25) is 9.59 Å². The molecule has 2 amide bonds. The Labute approximate surface area is 149 Å². The number of halogens is 1. The Bertz CT molecular complexity index is 705. The smallest absolute Gasteiger partial charge is 0.224 e. The second-order valence-electron chi connectivity index (χ2n) is 5.18. The molecule has 0 bridgehead atoms. The van der Waals surface area contributed by atoms with Crippen LogP contribution >= 0.6 is 15.9 Å². The van der Waals surface area contributed by atoms with Crippen molar-refractivity contribution < 1.29 is 14.3 Å². The van der Waals surface area contributed by atoms with E-state index >= 15 is 0 Å². The van der Waals surface area contributed by atoms with E-state index in [4.69, 9.17) is 4.74 Å². The Morgan fingerprint density at radius 2 is 1.79 bits per heavy atom. The van der Waals surface area contributed by atoms with Crippen LogP contribution in [0.3, 0.4) is 0 Å². The van der Waals surface area contributed by atoms with Crippen molar-refractivity contribution in [2.45, 2.75) is 19.8 Å². The molecular weight excluding hydrogens is 372 g/mol. The van der Waals surface area contributed by atoms with Crippen molar-refractivity contribution in [3.8, 4) is 5.75 Å². The van der Waals surface area contributed by atoms with Crippen molar-refractivity contribution >= 4 is 39.1 Å². The van der Waals surface area contributed by atoms with Crippen molar-refractivity contribution in [1.29, 1.82) is 0 Å². The third-order valence-corrected chi connectivity index (χ3v) is 3.62. The SMILES string of the molecule is CC(=O)Nc1ccc(Br)cc1NC(=O)CCCOc1ccccc1. The molecule has 2 N–H and O–H groups in total. The molecule has 0 heterocycles. The lowest BCUT2D eigenvalue weighted by atomic mass is 10.2. The molecular formula is C18H19BrN2O3. The molecule has 0 unspecified atom stereocenters. The largest absolute Gasteiger partial charge is 0.494 e. The van der Waals surface area contributed by atoms with Gasteiger partial charge in [-0.15, -0.1) is 0 Å². The Morgan fingerprint density at radius 1 is 1.04 bits per heavy atom. The molecule has 0 atom stereocenters. The van der Waals surface area contributed by atoms with E-state index in [0.717, 1.165) is 10.2 Å². The molecule has 2 aromatic rings. The van der Waals surface area contributed by atoms with E-state index in [1.807, 2.05) is 30.3 Å². The number of carbonyl (C=O) groups is 2. The van der Waals surface area contributed by atoms with Crippen LogP contribution in [0.2, 0.25) is 0 Å². The minimum Gasteiger partial charge on any atom is -0.494 e. The number of anilines is 2. The molecule has 0 radical (unpaired) electrons. The standard InChI is InChI=1S/C18H19BrN2O3/c1-13(22)20-16-10-9-14(19)12-17(16)21-18(23)8-5-11-24-15-6-3-2-4-7-15/h2-4,6-7,9-10,12H,5,8,11H2,1H3,(H,20,22)(H,21,23). The Hall–Kier alpha value is -2.34. The summed E-state index contributed by atoms with van der Waals surface area (Å²) in [5.41, 5.74) is 1.13. The zero-order valence-corrected chi connectivity index (χ0v) is 14.9. The van der Waals surface area contributed by atoms with Crippen LogP contribution < -0.4 is 15.4 Å². The van der Waals surface area contributed by atoms with Crippen LogP contribution in [0.15, 0.2) is 53.0 Å². The number of ether oxygens (including phenoxy) is 1. The Morgan fingerprint density at radius 3 is 2.50 bits per heavy atom. The maximum absolute atomic E-state index is 12.1. The summed E-state index contributed by atoms with van der Waals surface area (Å²) in [4.78, 5) is 23.3. The minimum absolute atomic E-state index is 0.128. The Balaban J connectivity index is 1.83. The highest BCUT2D eigenvalue weighted by Crippen LogP contribution is 2.26. The number of hydrogen-bond acceptors (Lipinski definition) is 3. The van der Waals surface area contributed by atoms with Gasteiger partial charge in [0.2, 0.25) is 11.8 Å². The second kappa shape index (κ2) is 9.08. The lowest BCUT2D eigenvalue weighted by Crippen LogP contribution is -2.15. The van der Waals surface area contributed by atoms with Crippen molar-refractivity contribution in [2.75, 3.05) is 17.2 Å². The van der Waals surface area contributed by atoms with Gasteiger partial charge in [0, 0.05) is 17.8 Å². The summed E-state index contributed by atoms with van der Waals surface area (Å²) in [6.07, 6.45) is 0.934. The molecule has 6 heteroatoms. The second-order valence-corrected chi connectivity index (χ2v) is 6.10. The van der Waals surface area contributed by atoms with Gasteiger partial charge >= 0.3 is 0 Å². The van der Waals surface area contributed by atoms with Crippen LogP contribution in [0.25, 0.3) is 0 Å². The molecule has 0 aliphatic heterocycles. The summed E-state index contributed by atoms with van der Waals surface area (Å²) in [5, 5.41) is 5.51. The maximum atomic E-state index is 12.1. The highest BCUT2D eigenvalue weighted by Gasteiger charge is 2.09. The first-order chi connectivity index (χ1) is 11.5. The molecule has 0 aliphatic carbocycles. The van der Waals surface area contributed by atoms with Crippen LogP contribution in [-0.2, 0) is 9.59 Å². The highest BCUT2D eigenvalue weighted by atomic mass is 79.9. The van der Waals surface area contributed by atoms with Crippen LogP contribution in [0.4, 0.5) is 11.4 Å². The molecule has 24 heavy (non-hydrogen) atoms. The Kier molecular flexibility index (Phi) is 6.81. The lowest BCUT2D eigenvalue weighted by Gasteiger charge is -2.12. The first kappa shape index (κ1) is 18.0. The van der Waals surface area contributed by atoms with Crippen molar-refractivity contribution in [1.82, 2.24) is 0 Å². The molecule has 2 aromatic carbocycles. The molecule has 0 spiro atoms. The fourth-order valence-corrected chi connectivity index (χ4v) is 2.43. The molecule has 0 saturated carbocycles. The van der Waals surface area contributed by atoms with Crippen LogP contribution in [0.5, 0.6) is 5.75 Å². The number of para-hydroxylation sites is 1. The van der Waals surface area contributed by atoms with E-state index in [1.54, 1.807) is 18.2 Å². The number of carbonyl (C=O) groups excluding carboxylic acids is 2. The van der Waals surface area contributed by atoms with Crippen molar-refractivity contribution in [3.05, 3.63) is 53.0 Å². The van der Waals surface area contributed by atoms with Gasteiger partial charge in [-0.2, -0.15) is 0 Å². The van der Waals surface area contributed by atoms with E-state index in [1.165, 1.54) is 6.92 Å². The quantitative estimate of drug-likeness (QED) is 0.695. The average molecular weight is 391 g/mol. The van der Waals surface area contributed by atoms with E-state index in [9.17, 15) is 9.59 Å². The van der Waals surface area contributed by atoms with Gasteiger partial charge in [0.25, 0.3) is 0 Å². The summed E-state index contributed by atoms with van der Waals surface area (Å²) in [5.74, 6) is 0.471. The molecule has 0 saturated heterocycles. The number of benzene rings is 2. The molecule has 0 aliphatic rings. The van der Waals surface area contributed by atoms with Crippen molar-refractivity contribution in [3.63, 3.8) is 0 Å². The predicted molar refractivity (Wildman–Crippen MR) is 98.2 cm³/mol. The fraction of sp³-hybridized carbons (Fsp3) is 0.222. The van der Waals surface area contributed by atoms with E-state index < -0.39 is 0 Å². The highest BCUT2D eigenvalue weighted by molar-refractivity contribution is 9.10.